The monoisotopic (exact) mass is 872 g/mol. The Morgan fingerprint density at radius 2 is 1.70 bits per heavy atom. The molecular weight excluding hydrogens is 813 g/mol. The molecule has 1 aromatic carbocycles. The van der Waals surface area contributed by atoms with Crippen LogP contribution in [0.15, 0.2) is 35.1 Å². The number of likely N-dealkylation sites (tertiary alicyclic amines) is 1. The topological polar surface area (TPSA) is 245 Å². The van der Waals surface area contributed by atoms with Crippen LogP contribution in [0.1, 0.15) is 61.8 Å². The molecule has 340 valence electrons. The van der Waals surface area contributed by atoms with Crippen molar-refractivity contribution in [1.29, 1.82) is 0 Å². The molecule has 0 spiro atoms. The number of esters is 2. The number of aryl methyl sites for hydroxylation is 1. The van der Waals surface area contributed by atoms with Gasteiger partial charge in [-0.25, -0.2) is 9.78 Å². The second-order valence-electron chi connectivity index (χ2n) is 16.7. The van der Waals surface area contributed by atoms with Gasteiger partial charge in [0.2, 0.25) is 29.2 Å². The van der Waals surface area contributed by atoms with E-state index in [0.717, 1.165) is 41.7 Å². The Balaban J connectivity index is 1.10. The Morgan fingerprint density at radius 3 is 2.38 bits per heavy atom. The molecule has 1 fully saturated rings. The minimum Gasteiger partial charge on any atom is -0.457 e. The number of hydrogen-bond donors (Lipinski definition) is 4. The van der Waals surface area contributed by atoms with Crippen LogP contribution in [0.5, 0.6) is 0 Å². The molecule has 0 saturated carbocycles. The predicted molar refractivity (Wildman–Crippen MR) is 233 cm³/mol. The Morgan fingerprint density at radius 1 is 1.00 bits per heavy atom. The first-order valence-corrected chi connectivity index (χ1v) is 21.6. The van der Waals surface area contributed by atoms with E-state index in [1.54, 1.807) is 29.5 Å². The van der Waals surface area contributed by atoms with E-state index in [1.807, 2.05) is 45.3 Å². The normalized spacial score (nSPS) is 18.3. The average molecular weight is 873 g/mol. The van der Waals surface area contributed by atoms with Gasteiger partial charge in [-0.1, -0.05) is 32.0 Å². The number of benzene rings is 1. The van der Waals surface area contributed by atoms with Crippen LogP contribution in [-0.4, -0.2) is 157 Å². The van der Waals surface area contributed by atoms with Crippen molar-refractivity contribution in [2.75, 3.05) is 80.0 Å². The van der Waals surface area contributed by atoms with Crippen molar-refractivity contribution in [1.82, 2.24) is 39.8 Å². The SMILES string of the molecule is CCc1c2c(nc3ccccc13)-c1cc3c(c(=O)n1C2)COC(=O)[C@@]3(CC)OC(=O)CNC(=O)[C@@H]1CCCN1C(=O)[C@H](CC(N)=O)NC(=O)CN(C)CCN(C)CCN(C)CCN. The zero-order valence-electron chi connectivity index (χ0n) is 36.9. The number of carbonyl (C=O) groups excluding carboxylic acids is 6. The lowest BCUT2D eigenvalue weighted by molar-refractivity contribution is -0.189. The molecule has 6 N–H and O–H groups in total. The highest BCUT2D eigenvalue weighted by atomic mass is 16.6. The number of hydrogen-bond acceptors (Lipinski definition) is 14. The number of fused-ring (bicyclic) bond motifs is 5. The number of carbonyl (C=O) groups is 6. The van der Waals surface area contributed by atoms with Crippen molar-refractivity contribution in [2.45, 2.75) is 76.8 Å². The number of nitrogens with one attached hydrogen (secondary N) is 2. The van der Waals surface area contributed by atoms with Crippen LogP contribution in [0.25, 0.3) is 22.3 Å². The van der Waals surface area contributed by atoms with Crippen LogP contribution in [0.2, 0.25) is 0 Å². The minimum absolute atomic E-state index is 0.0503. The molecule has 3 aliphatic rings. The second kappa shape index (κ2) is 20.2. The zero-order valence-corrected chi connectivity index (χ0v) is 36.9. The number of nitrogens with zero attached hydrogens (tertiary/aromatic N) is 6. The molecule has 5 heterocycles. The molecule has 3 atom stereocenters. The molecule has 0 aliphatic carbocycles. The maximum atomic E-state index is 14.1. The van der Waals surface area contributed by atoms with Gasteiger partial charge in [-0.3, -0.25) is 33.7 Å². The van der Waals surface area contributed by atoms with E-state index < -0.39 is 66.2 Å². The number of rotatable bonds is 20. The summed E-state index contributed by atoms with van der Waals surface area (Å²) in [6, 6.07) is 7.09. The lowest BCUT2D eigenvalue weighted by Crippen LogP contribution is -2.56. The lowest BCUT2D eigenvalue weighted by Gasteiger charge is -2.35. The van der Waals surface area contributed by atoms with E-state index in [9.17, 15) is 33.6 Å². The molecule has 63 heavy (non-hydrogen) atoms. The quantitative estimate of drug-likeness (QED) is 0.0813. The summed E-state index contributed by atoms with van der Waals surface area (Å²) in [6.45, 7) is 7.39. The number of para-hydroxylation sites is 1. The van der Waals surface area contributed by atoms with Crippen LogP contribution in [-0.2, 0) is 63.4 Å². The van der Waals surface area contributed by atoms with Crippen LogP contribution in [0.3, 0.4) is 0 Å². The van der Waals surface area contributed by atoms with E-state index in [4.69, 9.17) is 25.9 Å². The predicted octanol–water partition coefficient (Wildman–Crippen LogP) is -0.586. The Hall–Kier alpha value is -5.76. The summed E-state index contributed by atoms with van der Waals surface area (Å²) in [4.78, 5) is 106. The molecule has 1 saturated heterocycles. The fourth-order valence-electron chi connectivity index (χ4n) is 8.78. The summed E-state index contributed by atoms with van der Waals surface area (Å²) in [5, 5.41) is 6.16. The van der Waals surface area contributed by atoms with Gasteiger partial charge in [0.1, 0.15) is 25.2 Å². The van der Waals surface area contributed by atoms with E-state index in [2.05, 4.69) is 20.4 Å². The molecule has 0 unspecified atom stereocenters. The third kappa shape index (κ3) is 10.1. The van der Waals surface area contributed by atoms with Gasteiger partial charge in [-0.15, -0.1) is 0 Å². The molecule has 19 nitrogen and oxygen atoms in total. The molecule has 2 aromatic heterocycles. The number of ether oxygens (including phenoxy) is 2. The molecule has 3 aromatic rings. The third-order valence-electron chi connectivity index (χ3n) is 12.3. The van der Waals surface area contributed by atoms with Gasteiger partial charge in [-0.2, -0.15) is 0 Å². The van der Waals surface area contributed by atoms with Crippen LogP contribution in [0, 0.1) is 0 Å². The molecule has 0 bridgehead atoms. The lowest BCUT2D eigenvalue weighted by atomic mass is 9.85. The Bertz CT molecular complexity index is 2320. The van der Waals surface area contributed by atoms with E-state index in [0.29, 0.717) is 43.9 Å². The number of amides is 4. The van der Waals surface area contributed by atoms with Crippen molar-refractivity contribution in [3.8, 4) is 11.4 Å². The van der Waals surface area contributed by atoms with Crippen molar-refractivity contribution >= 4 is 46.5 Å². The number of aromatic nitrogens is 2. The number of cyclic esters (lactones) is 1. The number of likely N-dealkylation sites (N-methyl/N-ethyl adjacent to an activating group) is 3. The van der Waals surface area contributed by atoms with Crippen molar-refractivity contribution in [2.24, 2.45) is 11.5 Å². The van der Waals surface area contributed by atoms with Crippen molar-refractivity contribution in [3.05, 3.63) is 62.9 Å². The van der Waals surface area contributed by atoms with Crippen molar-refractivity contribution < 1.29 is 38.2 Å². The maximum absolute atomic E-state index is 14.1. The van der Waals surface area contributed by atoms with Gasteiger partial charge in [-0.05, 0) is 64.5 Å². The highest BCUT2D eigenvalue weighted by Gasteiger charge is 2.50. The fourth-order valence-corrected chi connectivity index (χ4v) is 8.78. The van der Waals surface area contributed by atoms with Gasteiger partial charge < -0.3 is 50.8 Å². The summed E-state index contributed by atoms with van der Waals surface area (Å²) in [5.41, 5.74) is 13.0. The summed E-state index contributed by atoms with van der Waals surface area (Å²) in [6.07, 6.45) is 0.851. The first-order valence-electron chi connectivity index (χ1n) is 21.6. The average Bonchev–Trinajstić information content (AvgIpc) is 3.89. The first kappa shape index (κ1) is 46.7. The first-order chi connectivity index (χ1) is 30.1. The minimum atomic E-state index is -1.99. The Kier molecular flexibility index (Phi) is 15.0. The zero-order chi connectivity index (χ0) is 45.6. The highest BCUT2D eigenvalue weighted by Crippen LogP contribution is 2.42. The highest BCUT2D eigenvalue weighted by molar-refractivity contribution is 5.96. The summed E-state index contributed by atoms with van der Waals surface area (Å²) >= 11 is 0. The fraction of sp³-hybridized carbons (Fsp3) is 0.545. The van der Waals surface area contributed by atoms with E-state index in [-0.39, 0.29) is 55.8 Å². The maximum Gasteiger partial charge on any atom is 0.355 e. The summed E-state index contributed by atoms with van der Waals surface area (Å²) in [7, 11) is 5.76. The van der Waals surface area contributed by atoms with E-state index >= 15 is 0 Å². The smallest absolute Gasteiger partial charge is 0.355 e. The van der Waals surface area contributed by atoms with Gasteiger partial charge >= 0.3 is 11.9 Å². The molecular formula is C44H60N10O9. The standard InChI is InChI=1S/C44H60N10O9/c1-6-27-28-11-8-9-12-32(28)49-39-29(27)24-54-35(39)21-31-30(41(54)59)26-62-43(61)44(31,7-2)63-38(57)23-47-40(58)34-13-10-15-53(34)42(60)33(22-36(46)55)48-37(56)25-52(5)20-19-51(4)18-17-50(3)16-14-45/h8-9,11-12,21,33-34H,6-7,10,13-20,22-26,45H2,1-5H3,(H2,46,55)(H,47,58)(H,48,56)/t33-,34-,44-/m0/s1. The molecule has 3 aliphatic heterocycles. The van der Waals surface area contributed by atoms with Crippen LogP contribution >= 0.6 is 0 Å². The van der Waals surface area contributed by atoms with Gasteiger partial charge in [0.05, 0.1) is 42.0 Å². The number of nitrogens with two attached hydrogens (primary N) is 2. The molecule has 6 rings (SSSR count). The van der Waals surface area contributed by atoms with Gasteiger partial charge in [0.25, 0.3) is 5.56 Å². The number of primary amides is 1. The second-order valence-corrected chi connectivity index (χ2v) is 16.7. The molecule has 4 amide bonds. The van der Waals surface area contributed by atoms with E-state index in [1.165, 1.54) is 4.90 Å². The van der Waals surface area contributed by atoms with Crippen LogP contribution in [0.4, 0.5) is 0 Å². The van der Waals surface area contributed by atoms with Gasteiger partial charge in [0, 0.05) is 62.3 Å². The molecule has 0 radical (unpaired) electrons. The van der Waals surface area contributed by atoms with Crippen LogP contribution < -0.4 is 27.7 Å². The third-order valence-corrected chi connectivity index (χ3v) is 12.3. The van der Waals surface area contributed by atoms with Gasteiger partial charge in [0.15, 0.2) is 0 Å². The number of pyridine rings is 2. The largest absolute Gasteiger partial charge is 0.457 e. The van der Waals surface area contributed by atoms with Crippen molar-refractivity contribution in [3.63, 3.8) is 0 Å². The Labute approximate surface area is 366 Å². The summed E-state index contributed by atoms with van der Waals surface area (Å²) < 4.78 is 13.0. The summed E-state index contributed by atoms with van der Waals surface area (Å²) in [5.74, 6) is -4.47. The molecule has 19 heteroatoms.